The van der Waals surface area contributed by atoms with E-state index in [2.05, 4.69) is 11.9 Å². The third-order valence-corrected chi connectivity index (χ3v) is 4.94. The van der Waals surface area contributed by atoms with Gasteiger partial charge in [-0.3, -0.25) is 4.79 Å². The minimum atomic E-state index is -0.589. The van der Waals surface area contributed by atoms with Gasteiger partial charge in [0, 0.05) is 12.6 Å². The molecule has 2 saturated carbocycles. The average Bonchev–Trinajstić information content (AvgIpc) is 2.40. The topological polar surface area (TPSA) is 40.5 Å². The third kappa shape index (κ3) is 3.71. The number of aliphatic carboxylic acids is 1. The van der Waals surface area contributed by atoms with E-state index in [0.717, 1.165) is 37.6 Å². The first kappa shape index (κ1) is 13.9. The highest BCUT2D eigenvalue weighted by Crippen LogP contribution is 2.30. The summed E-state index contributed by atoms with van der Waals surface area (Å²) in [6.45, 7) is 1.18. The van der Waals surface area contributed by atoms with Crippen molar-refractivity contribution in [2.45, 2.75) is 63.8 Å². The van der Waals surface area contributed by atoms with Crippen LogP contribution in [0.15, 0.2) is 0 Å². The predicted molar refractivity (Wildman–Crippen MR) is 72.6 cm³/mol. The van der Waals surface area contributed by atoms with Gasteiger partial charge in [-0.2, -0.15) is 0 Å². The number of hydrogen-bond acceptors (Lipinski definition) is 2. The van der Waals surface area contributed by atoms with E-state index in [4.69, 9.17) is 5.11 Å². The average molecular weight is 253 g/mol. The number of rotatable bonds is 4. The molecule has 0 spiro atoms. The maximum Gasteiger partial charge on any atom is 0.306 e. The van der Waals surface area contributed by atoms with Crippen LogP contribution >= 0.6 is 0 Å². The highest BCUT2D eigenvalue weighted by molar-refractivity contribution is 5.69. The lowest BCUT2D eigenvalue weighted by Gasteiger charge is -2.35. The molecule has 2 aliphatic rings. The molecule has 0 radical (unpaired) electrons. The molecule has 0 bridgehead atoms. The Morgan fingerprint density at radius 1 is 1.06 bits per heavy atom. The van der Waals surface area contributed by atoms with Crippen molar-refractivity contribution in [3.05, 3.63) is 0 Å². The van der Waals surface area contributed by atoms with Gasteiger partial charge >= 0.3 is 5.97 Å². The van der Waals surface area contributed by atoms with Crippen LogP contribution in [0.3, 0.4) is 0 Å². The summed E-state index contributed by atoms with van der Waals surface area (Å²) in [6, 6.07) is 0.788. The van der Waals surface area contributed by atoms with Crippen molar-refractivity contribution >= 4 is 5.97 Å². The van der Waals surface area contributed by atoms with Gasteiger partial charge < -0.3 is 10.0 Å². The maximum atomic E-state index is 10.9. The van der Waals surface area contributed by atoms with Crippen LogP contribution in [0, 0.1) is 11.8 Å². The van der Waals surface area contributed by atoms with Gasteiger partial charge in [-0.25, -0.2) is 0 Å². The van der Waals surface area contributed by atoms with E-state index in [-0.39, 0.29) is 5.92 Å². The Kier molecular flexibility index (Phi) is 5.04. The van der Waals surface area contributed by atoms with Gasteiger partial charge in [0.1, 0.15) is 0 Å². The van der Waals surface area contributed by atoms with Gasteiger partial charge in [0.2, 0.25) is 0 Å². The number of carbonyl (C=O) groups is 1. The Labute approximate surface area is 111 Å². The summed E-state index contributed by atoms with van der Waals surface area (Å²) in [7, 11) is 2.26. The van der Waals surface area contributed by atoms with E-state index < -0.39 is 5.97 Å². The lowest BCUT2D eigenvalue weighted by atomic mass is 9.81. The molecule has 0 saturated heterocycles. The molecule has 2 fully saturated rings. The molecule has 0 aromatic rings. The van der Waals surface area contributed by atoms with E-state index in [1.54, 1.807) is 0 Å². The van der Waals surface area contributed by atoms with E-state index in [0.29, 0.717) is 0 Å². The van der Waals surface area contributed by atoms with Gasteiger partial charge in [-0.1, -0.05) is 19.3 Å². The normalized spacial score (nSPS) is 30.6. The van der Waals surface area contributed by atoms with Gasteiger partial charge in [-0.05, 0) is 51.5 Å². The molecule has 0 unspecified atom stereocenters. The van der Waals surface area contributed by atoms with Crippen LogP contribution in [0.5, 0.6) is 0 Å². The van der Waals surface area contributed by atoms with Crippen molar-refractivity contribution in [2.75, 3.05) is 13.6 Å². The molecule has 0 amide bonds. The van der Waals surface area contributed by atoms with Crippen LogP contribution in [0.4, 0.5) is 0 Å². The fraction of sp³-hybridized carbons (Fsp3) is 0.933. The molecule has 2 rings (SSSR count). The van der Waals surface area contributed by atoms with Crippen molar-refractivity contribution in [3.8, 4) is 0 Å². The zero-order valence-electron chi connectivity index (χ0n) is 11.6. The molecule has 0 aromatic heterocycles. The molecule has 0 aromatic carbocycles. The first-order valence-electron chi connectivity index (χ1n) is 7.60. The molecular weight excluding hydrogens is 226 g/mol. The predicted octanol–water partition coefficient (Wildman–Crippen LogP) is 3.14. The lowest BCUT2D eigenvalue weighted by Crippen LogP contribution is -2.38. The highest BCUT2D eigenvalue weighted by atomic mass is 16.4. The molecule has 104 valence electrons. The number of carboxylic acid groups (broad SMARTS) is 1. The fourth-order valence-electron chi connectivity index (χ4n) is 3.67. The van der Waals surface area contributed by atoms with Gasteiger partial charge in [-0.15, -0.1) is 0 Å². The van der Waals surface area contributed by atoms with Crippen LogP contribution in [0.1, 0.15) is 57.8 Å². The van der Waals surface area contributed by atoms with Crippen molar-refractivity contribution in [1.82, 2.24) is 4.90 Å². The van der Waals surface area contributed by atoms with Crippen molar-refractivity contribution in [3.63, 3.8) is 0 Å². The molecule has 1 N–H and O–H groups in total. The van der Waals surface area contributed by atoms with E-state index >= 15 is 0 Å². The summed E-state index contributed by atoms with van der Waals surface area (Å²) in [5.74, 6) is 0.0721. The van der Waals surface area contributed by atoms with Crippen LogP contribution in [0.2, 0.25) is 0 Å². The Bertz CT molecular complexity index is 266. The summed E-state index contributed by atoms with van der Waals surface area (Å²) in [5.41, 5.74) is 0. The second-order valence-electron chi connectivity index (χ2n) is 6.29. The molecule has 0 heterocycles. The highest BCUT2D eigenvalue weighted by Gasteiger charge is 2.28. The zero-order chi connectivity index (χ0) is 13.0. The number of hydrogen-bond donors (Lipinski definition) is 1. The van der Waals surface area contributed by atoms with Crippen molar-refractivity contribution < 1.29 is 9.90 Å². The SMILES string of the molecule is CN(CC1CCC(C(=O)O)CC1)C1CCCCC1. The summed E-state index contributed by atoms with van der Waals surface area (Å²) >= 11 is 0. The van der Waals surface area contributed by atoms with Gasteiger partial charge in [0.15, 0.2) is 0 Å². The first-order valence-corrected chi connectivity index (χ1v) is 7.60. The second kappa shape index (κ2) is 6.55. The summed E-state index contributed by atoms with van der Waals surface area (Å²) in [4.78, 5) is 13.5. The van der Waals surface area contributed by atoms with Gasteiger partial charge in [0.25, 0.3) is 0 Å². The summed E-state index contributed by atoms with van der Waals surface area (Å²) in [6.07, 6.45) is 10.9. The van der Waals surface area contributed by atoms with Crippen LogP contribution in [0.25, 0.3) is 0 Å². The summed E-state index contributed by atoms with van der Waals surface area (Å²) < 4.78 is 0. The zero-order valence-corrected chi connectivity index (χ0v) is 11.6. The largest absolute Gasteiger partial charge is 0.481 e. The Morgan fingerprint density at radius 3 is 2.22 bits per heavy atom. The Morgan fingerprint density at radius 2 is 1.67 bits per heavy atom. The van der Waals surface area contributed by atoms with Crippen molar-refractivity contribution in [1.29, 1.82) is 0 Å². The molecule has 3 heteroatoms. The third-order valence-electron chi connectivity index (χ3n) is 4.94. The smallest absolute Gasteiger partial charge is 0.306 e. The monoisotopic (exact) mass is 253 g/mol. The van der Waals surface area contributed by atoms with Crippen LogP contribution in [-0.4, -0.2) is 35.6 Å². The van der Waals surface area contributed by atoms with Crippen LogP contribution < -0.4 is 0 Å². The molecule has 2 aliphatic carbocycles. The molecule has 0 atom stereocenters. The lowest BCUT2D eigenvalue weighted by molar-refractivity contribution is -0.143. The van der Waals surface area contributed by atoms with Crippen molar-refractivity contribution in [2.24, 2.45) is 11.8 Å². The molecule has 18 heavy (non-hydrogen) atoms. The fourth-order valence-corrected chi connectivity index (χ4v) is 3.67. The molecule has 0 aliphatic heterocycles. The number of nitrogens with zero attached hydrogens (tertiary/aromatic N) is 1. The van der Waals surface area contributed by atoms with E-state index in [1.165, 1.54) is 38.6 Å². The Hall–Kier alpha value is -0.570. The maximum absolute atomic E-state index is 10.9. The molecule has 3 nitrogen and oxygen atoms in total. The van der Waals surface area contributed by atoms with E-state index in [9.17, 15) is 4.79 Å². The summed E-state index contributed by atoms with van der Waals surface area (Å²) in [5, 5.41) is 9.00. The Balaban J connectivity index is 1.71. The first-order chi connectivity index (χ1) is 8.66. The number of carboxylic acids is 1. The van der Waals surface area contributed by atoms with Crippen LogP contribution in [-0.2, 0) is 4.79 Å². The van der Waals surface area contributed by atoms with Gasteiger partial charge in [0.05, 0.1) is 5.92 Å². The minimum Gasteiger partial charge on any atom is -0.481 e. The second-order valence-corrected chi connectivity index (χ2v) is 6.29. The van der Waals surface area contributed by atoms with E-state index in [1.807, 2.05) is 0 Å². The quantitative estimate of drug-likeness (QED) is 0.836. The molecular formula is C15H27NO2. The minimum absolute atomic E-state index is 0.0683. The standard InChI is InChI=1S/C15H27NO2/c1-16(14-5-3-2-4-6-14)11-12-7-9-13(10-8-12)15(17)18/h12-14H,2-11H2,1H3,(H,17,18).